The van der Waals surface area contributed by atoms with E-state index < -0.39 is 0 Å². The second-order valence-electron chi connectivity index (χ2n) is 5.65. The van der Waals surface area contributed by atoms with Crippen molar-refractivity contribution in [1.82, 2.24) is 15.6 Å². The fourth-order valence-corrected chi connectivity index (χ4v) is 3.02. The van der Waals surface area contributed by atoms with E-state index in [0.29, 0.717) is 25.6 Å². The van der Waals surface area contributed by atoms with Gasteiger partial charge in [-0.1, -0.05) is 32.0 Å². The molecule has 0 aliphatic rings. The van der Waals surface area contributed by atoms with E-state index in [-0.39, 0.29) is 24.0 Å². The highest BCUT2D eigenvalue weighted by atomic mass is 127. The van der Waals surface area contributed by atoms with Gasteiger partial charge in [0.15, 0.2) is 5.96 Å². The third kappa shape index (κ3) is 6.81. The number of aliphatic imine (C=N–C) groups is 1. The van der Waals surface area contributed by atoms with Crippen LogP contribution in [-0.4, -0.2) is 24.6 Å². The van der Waals surface area contributed by atoms with Crippen molar-refractivity contribution in [1.29, 1.82) is 0 Å². The third-order valence-corrected chi connectivity index (χ3v) is 4.64. The van der Waals surface area contributed by atoms with Gasteiger partial charge in [-0.15, -0.1) is 35.3 Å². The van der Waals surface area contributed by atoms with Gasteiger partial charge in [-0.2, -0.15) is 0 Å². The molecule has 2 rings (SSSR count). The zero-order valence-electron chi connectivity index (χ0n) is 15.2. The number of nitrogens with zero attached hydrogens (tertiary/aromatic N) is 2. The Balaban J connectivity index is 0.00000312. The first-order chi connectivity index (χ1) is 11.6. The van der Waals surface area contributed by atoms with E-state index in [9.17, 15) is 0 Å². The Morgan fingerprint density at radius 1 is 1.24 bits per heavy atom. The summed E-state index contributed by atoms with van der Waals surface area (Å²) in [5.41, 5.74) is 2.15. The predicted molar refractivity (Wildman–Crippen MR) is 116 cm³/mol. The van der Waals surface area contributed by atoms with E-state index in [0.717, 1.165) is 23.0 Å². The van der Waals surface area contributed by atoms with Crippen LogP contribution in [0.2, 0.25) is 0 Å². The summed E-state index contributed by atoms with van der Waals surface area (Å²) in [5, 5.41) is 9.89. The van der Waals surface area contributed by atoms with Gasteiger partial charge < -0.3 is 15.4 Å². The van der Waals surface area contributed by atoms with Gasteiger partial charge >= 0.3 is 0 Å². The van der Waals surface area contributed by atoms with Crippen LogP contribution in [0.15, 0.2) is 34.6 Å². The van der Waals surface area contributed by atoms with Crippen LogP contribution >= 0.6 is 35.3 Å². The Morgan fingerprint density at radius 2 is 1.96 bits per heavy atom. The summed E-state index contributed by atoms with van der Waals surface area (Å²) in [6, 6.07) is 8.04. The lowest BCUT2D eigenvalue weighted by Crippen LogP contribution is -2.36. The number of aromatic nitrogens is 1. The molecule has 0 saturated carbocycles. The van der Waals surface area contributed by atoms with E-state index in [1.807, 2.05) is 25.1 Å². The molecule has 0 radical (unpaired) electrons. The number of hydrogen-bond acceptors (Lipinski definition) is 4. The number of hydrogen-bond donors (Lipinski definition) is 2. The van der Waals surface area contributed by atoms with E-state index in [4.69, 9.17) is 4.74 Å². The number of para-hydroxylation sites is 1. The van der Waals surface area contributed by atoms with Gasteiger partial charge in [0.1, 0.15) is 5.75 Å². The van der Waals surface area contributed by atoms with E-state index in [1.54, 1.807) is 18.4 Å². The first kappa shape index (κ1) is 21.7. The maximum Gasteiger partial charge on any atom is 0.191 e. The van der Waals surface area contributed by atoms with Crippen molar-refractivity contribution in [3.05, 3.63) is 45.9 Å². The maximum absolute atomic E-state index is 5.65. The van der Waals surface area contributed by atoms with Crippen LogP contribution in [0.25, 0.3) is 0 Å². The molecule has 0 aliphatic heterocycles. The van der Waals surface area contributed by atoms with E-state index in [1.165, 1.54) is 5.01 Å². The molecule has 1 aromatic heterocycles. The zero-order valence-corrected chi connectivity index (χ0v) is 18.4. The van der Waals surface area contributed by atoms with Gasteiger partial charge in [-0.25, -0.2) is 4.98 Å². The fourth-order valence-electron chi connectivity index (χ4n) is 2.19. The molecule has 2 N–H and O–H groups in total. The Hall–Kier alpha value is -1.35. The lowest BCUT2D eigenvalue weighted by atomic mass is 10.2. The largest absolute Gasteiger partial charge is 0.494 e. The number of nitrogens with one attached hydrogen (secondary N) is 2. The summed E-state index contributed by atoms with van der Waals surface area (Å²) in [4.78, 5) is 8.89. The quantitative estimate of drug-likeness (QED) is 0.360. The van der Waals surface area contributed by atoms with Gasteiger partial charge in [-0.3, -0.25) is 4.99 Å². The van der Waals surface area contributed by atoms with Crippen molar-refractivity contribution >= 4 is 41.3 Å². The molecule has 0 unspecified atom stereocenters. The lowest BCUT2D eigenvalue weighted by molar-refractivity contribution is 0.336. The minimum atomic E-state index is 0. The first-order valence-electron chi connectivity index (χ1n) is 8.23. The summed E-state index contributed by atoms with van der Waals surface area (Å²) in [7, 11) is 1.77. The minimum absolute atomic E-state index is 0. The molecule has 2 aromatic rings. The first-order valence-corrected chi connectivity index (χ1v) is 9.11. The fraction of sp³-hybridized carbons (Fsp3) is 0.444. The summed E-state index contributed by atoms with van der Waals surface area (Å²) in [6.45, 7) is 8.29. The Labute approximate surface area is 171 Å². The normalized spacial score (nSPS) is 11.2. The minimum Gasteiger partial charge on any atom is -0.494 e. The van der Waals surface area contributed by atoms with Crippen LogP contribution in [0.1, 0.15) is 43.0 Å². The van der Waals surface area contributed by atoms with Gasteiger partial charge in [-0.05, 0) is 13.0 Å². The van der Waals surface area contributed by atoms with Crippen molar-refractivity contribution in [3.63, 3.8) is 0 Å². The van der Waals surface area contributed by atoms with Gasteiger partial charge in [0, 0.05) is 30.5 Å². The molecular weight excluding hydrogens is 447 g/mol. The molecule has 0 saturated heterocycles. The summed E-state index contributed by atoms with van der Waals surface area (Å²) < 4.78 is 5.65. The third-order valence-electron chi connectivity index (χ3n) is 3.44. The topological polar surface area (TPSA) is 58.5 Å². The molecule has 0 spiro atoms. The maximum atomic E-state index is 5.65. The highest BCUT2D eigenvalue weighted by molar-refractivity contribution is 14.0. The van der Waals surface area contributed by atoms with Crippen LogP contribution < -0.4 is 15.4 Å². The molecule has 5 nitrogen and oxygen atoms in total. The lowest BCUT2D eigenvalue weighted by Gasteiger charge is -2.13. The predicted octanol–water partition coefficient (Wildman–Crippen LogP) is 4.15. The monoisotopic (exact) mass is 474 g/mol. The molecule has 1 aromatic carbocycles. The number of guanidine groups is 1. The molecule has 7 heteroatoms. The van der Waals surface area contributed by atoms with Crippen molar-refractivity contribution in [2.45, 2.75) is 39.8 Å². The van der Waals surface area contributed by atoms with Crippen molar-refractivity contribution in [2.24, 2.45) is 4.99 Å². The second-order valence-corrected chi connectivity index (χ2v) is 6.54. The van der Waals surface area contributed by atoms with Crippen LogP contribution in [0.5, 0.6) is 5.75 Å². The van der Waals surface area contributed by atoms with Crippen LogP contribution in [0.4, 0.5) is 0 Å². The highest BCUT2D eigenvalue weighted by Gasteiger charge is 2.07. The van der Waals surface area contributed by atoms with Crippen LogP contribution in [0, 0.1) is 0 Å². The molecule has 25 heavy (non-hydrogen) atoms. The smallest absolute Gasteiger partial charge is 0.191 e. The number of benzene rings is 1. The van der Waals surface area contributed by atoms with Gasteiger partial charge in [0.05, 0.1) is 23.9 Å². The van der Waals surface area contributed by atoms with Crippen LogP contribution in [-0.2, 0) is 13.1 Å². The molecule has 138 valence electrons. The molecular formula is C18H27IN4OS. The molecule has 0 amide bonds. The SMILES string of the molecule is CCOc1ccccc1CNC(=NC)NCc1csc(C(C)C)n1.I. The number of rotatable bonds is 7. The average molecular weight is 474 g/mol. The average Bonchev–Trinajstić information content (AvgIpc) is 3.06. The van der Waals surface area contributed by atoms with E-state index >= 15 is 0 Å². The van der Waals surface area contributed by atoms with Crippen molar-refractivity contribution in [3.8, 4) is 5.75 Å². The number of thiazole rings is 1. The summed E-state index contributed by atoms with van der Waals surface area (Å²) >= 11 is 1.71. The highest BCUT2D eigenvalue weighted by Crippen LogP contribution is 2.19. The number of halogens is 1. The summed E-state index contributed by atoms with van der Waals surface area (Å²) in [6.07, 6.45) is 0. The Morgan fingerprint density at radius 3 is 2.60 bits per heavy atom. The molecule has 0 aliphatic carbocycles. The zero-order chi connectivity index (χ0) is 17.4. The standard InChI is InChI=1S/C18H26N4OS.HI/c1-5-23-16-9-7-6-8-14(16)10-20-18(19-4)21-11-15-12-24-17(22-15)13(2)3;/h6-9,12-13H,5,10-11H2,1-4H3,(H2,19,20,21);1H. The molecule has 1 heterocycles. The Bertz CT molecular complexity index is 673. The van der Waals surface area contributed by atoms with E-state index in [2.05, 4.69) is 45.9 Å². The molecule has 0 bridgehead atoms. The van der Waals surface area contributed by atoms with Gasteiger partial charge in [0.25, 0.3) is 0 Å². The Kier molecular flexibility index (Phi) is 9.81. The molecule has 0 fully saturated rings. The second kappa shape index (κ2) is 11.3. The van der Waals surface area contributed by atoms with Crippen molar-refractivity contribution in [2.75, 3.05) is 13.7 Å². The van der Waals surface area contributed by atoms with Crippen molar-refractivity contribution < 1.29 is 4.74 Å². The molecule has 0 atom stereocenters. The summed E-state index contributed by atoms with van der Waals surface area (Å²) in [5.74, 6) is 2.13. The number of ether oxygens (including phenoxy) is 1. The van der Waals surface area contributed by atoms with Crippen LogP contribution in [0.3, 0.4) is 0 Å². The van der Waals surface area contributed by atoms with Gasteiger partial charge in [0.2, 0.25) is 0 Å².